The Morgan fingerprint density at radius 1 is 1.07 bits per heavy atom. The third-order valence-electron chi connectivity index (χ3n) is 6.04. The molecule has 7 heteroatoms. The molecule has 5 nitrogen and oxygen atoms in total. The summed E-state index contributed by atoms with van der Waals surface area (Å²) in [5.41, 5.74) is 6.94. The van der Waals surface area contributed by atoms with Gasteiger partial charge < -0.3 is 20.3 Å². The number of nitrogens with zero attached hydrogens (tertiary/aromatic N) is 1. The monoisotopic (exact) mass is 386 g/mol. The molecule has 2 aromatic carbocycles. The topological polar surface area (TPSA) is 77.1 Å². The smallest absolute Gasteiger partial charge is 0.283 e. The standard InChI is InChI=1S/C21H20F2N2O3/c22-13-5-12(6-14(23)8-13)11-1-3-18-16(7-11)21(10-27-20(24)25-21)17-9-15(26)2-4-19(17)28-18/h1,3,5-8,15,17,19,26H,2,4,9-10H2,(H2,24,25). The minimum absolute atomic E-state index is 0.0911. The first-order chi connectivity index (χ1) is 13.4. The summed E-state index contributed by atoms with van der Waals surface area (Å²) < 4.78 is 39.2. The Morgan fingerprint density at radius 3 is 2.57 bits per heavy atom. The summed E-state index contributed by atoms with van der Waals surface area (Å²) in [5, 5.41) is 10.2. The summed E-state index contributed by atoms with van der Waals surface area (Å²) in [5.74, 6) is -0.703. The Balaban J connectivity index is 1.67. The van der Waals surface area contributed by atoms with Crippen LogP contribution in [0.5, 0.6) is 5.75 Å². The minimum Gasteiger partial charge on any atom is -0.490 e. The van der Waals surface area contributed by atoms with Gasteiger partial charge in [0.05, 0.1) is 6.10 Å². The fourth-order valence-electron chi connectivity index (χ4n) is 4.77. The van der Waals surface area contributed by atoms with Crippen molar-refractivity contribution in [2.24, 2.45) is 16.6 Å². The van der Waals surface area contributed by atoms with E-state index in [0.29, 0.717) is 29.7 Å². The van der Waals surface area contributed by atoms with E-state index in [0.717, 1.165) is 18.1 Å². The molecule has 146 valence electrons. The van der Waals surface area contributed by atoms with E-state index >= 15 is 0 Å². The number of nitrogens with two attached hydrogens (primary N) is 1. The maximum atomic E-state index is 13.7. The first-order valence-electron chi connectivity index (χ1n) is 9.38. The molecule has 4 unspecified atom stereocenters. The van der Waals surface area contributed by atoms with Gasteiger partial charge in [-0.25, -0.2) is 13.8 Å². The fraction of sp³-hybridized carbons (Fsp3) is 0.381. The summed E-state index contributed by atoms with van der Waals surface area (Å²) in [6.45, 7) is 0.254. The third-order valence-corrected chi connectivity index (χ3v) is 6.04. The molecule has 0 radical (unpaired) electrons. The van der Waals surface area contributed by atoms with Crippen molar-refractivity contribution in [3.05, 3.63) is 53.6 Å². The zero-order valence-corrected chi connectivity index (χ0v) is 15.1. The number of aliphatic hydroxyl groups excluding tert-OH is 1. The Morgan fingerprint density at radius 2 is 1.86 bits per heavy atom. The molecule has 1 spiro atoms. The molecule has 28 heavy (non-hydrogen) atoms. The van der Waals surface area contributed by atoms with Crippen LogP contribution in [0, 0.1) is 17.6 Å². The average Bonchev–Trinajstić information content (AvgIpc) is 3.04. The number of halogens is 2. The predicted molar refractivity (Wildman–Crippen MR) is 98.8 cm³/mol. The lowest BCUT2D eigenvalue weighted by Gasteiger charge is -2.47. The van der Waals surface area contributed by atoms with Crippen molar-refractivity contribution in [2.45, 2.75) is 37.0 Å². The van der Waals surface area contributed by atoms with Crippen LogP contribution in [0.3, 0.4) is 0 Å². The van der Waals surface area contributed by atoms with E-state index in [9.17, 15) is 13.9 Å². The normalized spacial score (nSPS) is 30.8. The number of fused-ring (bicyclic) bond motifs is 4. The van der Waals surface area contributed by atoms with Crippen molar-refractivity contribution in [2.75, 3.05) is 6.61 Å². The number of benzene rings is 2. The van der Waals surface area contributed by atoms with E-state index in [1.54, 1.807) is 12.1 Å². The number of aliphatic hydroxyl groups is 1. The van der Waals surface area contributed by atoms with Crippen LogP contribution in [-0.2, 0) is 10.3 Å². The van der Waals surface area contributed by atoms with Crippen LogP contribution in [0.25, 0.3) is 11.1 Å². The Hall–Kier alpha value is -2.67. The van der Waals surface area contributed by atoms with E-state index < -0.39 is 23.3 Å². The lowest BCUT2D eigenvalue weighted by atomic mass is 9.67. The van der Waals surface area contributed by atoms with E-state index in [2.05, 4.69) is 4.99 Å². The first kappa shape index (κ1) is 17.4. The summed E-state index contributed by atoms with van der Waals surface area (Å²) >= 11 is 0. The largest absolute Gasteiger partial charge is 0.490 e. The lowest BCUT2D eigenvalue weighted by Crippen LogP contribution is -2.51. The Bertz CT molecular complexity index is 960. The van der Waals surface area contributed by atoms with Crippen molar-refractivity contribution in [1.82, 2.24) is 0 Å². The maximum absolute atomic E-state index is 13.7. The molecule has 1 saturated carbocycles. The molecule has 5 rings (SSSR count). The first-order valence-corrected chi connectivity index (χ1v) is 9.38. The van der Waals surface area contributed by atoms with Crippen LogP contribution in [0.2, 0.25) is 0 Å². The molecular weight excluding hydrogens is 366 g/mol. The number of ether oxygens (including phenoxy) is 2. The Labute approximate surface area is 160 Å². The van der Waals surface area contributed by atoms with Crippen LogP contribution in [-0.4, -0.2) is 29.9 Å². The second kappa shape index (κ2) is 6.17. The molecule has 1 fully saturated rings. The van der Waals surface area contributed by atoms with E-state index in [-0.39, 0.29) is 24.7 Å². The van der Waals surface area contributed by atoms with Crippen LogP contribution in [0.4, 0.5) is 8.78 Å². The van der Waals surface area contributed by atoms with Gasteiger partial charge in [0, 0.05) is 17.5 Å². The fourth-order valence-corrected chi connectivity index (χ4v) is 4.77. The van der Waals surface area contributed by atoms with Gasteiger partial charge in [0.15, 0.2) is 0 Å². The predicted octanol–water partition coefficient (Wildman–Crippen LogP) is 3.09. The highest BCUT2D eigenvalue weighted by atomic mass is 19.1. The second-order valence-electron chi connectivity index (χ2n) is 7.76. The average molecular weight is 386 g/mol. The third kappa shape index (κ3) is 2.64. The number of aliphatic imine (C=N–C) groups is 1. The van der Waals surface area contributed by atoms with E-state index in [1.165, 1.54) is 12.1 Å². The molecule has 0 bridgehead atoms. The summed E-state index contributed by atoms with van der Waals surface area (Å²) in [4.78, 5) is 4.64. The van der Waals surface area contributed by atoms with Crippen LogP contribution in [0.15, 0.2) is 41.4 Å². The molecule has 2 heterocycles. The molecule has 2 aliphatic heterocycles. The quantitative estimate of drug-likeness (QED) is 0.790. The molecule has 3 N–H and O–H groups in total. The van der Waals surface area contributed by atoms with Gasteiger partial charge in [-0.1, -0.05) is 6.07 Å². The second-order valence-corrected chi connectivity index (χ2v) is 7.76. The van der Waals surface area contributed by atoms with Crippen LogP contribution >= 0.6 is 0 Å². The van der Waals surface area contributed by atoms with Gasteiger partial charge in [0.2, 0.25) is 0 Å². The van der Waals surface area contributed by atoms with Crippen molar-refractivity contribution < 1.29 is 23.4 Å². The Kier molecular flexibility index (Phi) is 3.84. The van der Waals surface area contributed by atoms with Crippen LogP contribution in [0.1, 0.15) is 24.8 Å². The molecule has 1 aliphatic carbocycles. The van der Waals surface area contributed by atoms with Gasteiger partial charge in [0.25, 0.3) is 6.02 Å². The SMILES string of the molecule is NC1=NC2(CO1)c1cc(-c3cc(F)cc(F)c3)ccc1OC1CCC(O)CC12. The zero-order valence-electron chi connectivity index (χ0n) is 15.1. The van der Waals surface area contributed by atoms with Gasteiger partial charge in [-0.3, -0.25) is 0 Å². The van der Waals surface area contributed by atoms with Crippen molar-refractivity contribution >= 4 is 6.02 Å². The molecule has 2 aromatic rings. The van der Waals surface area contributed by atoms with Gasteiger partial charge in [-0.2, -0.15) is 0 Å². The van der Waals surface area contributed by atoms with Crippen LogP contribution < -0.4 is 10.5 Å². The lowest BCUT2D eigenvalue weighted by molar-refractivity contribution is -0.0359. The summed E-state index contributed by atoms with van der Waals surface area (Å²) in [6, 6.07) is 8.95. The number of hydrogen-bond acceptors (Lipinski definition) is 5. The highest BCUT2D eigenvalue weighted by Crippen LogP contribution is 2.53. The van der Waals surface area contributed by atoms with Gasteiger partial charge >= 0.3 is 0 Å². The number of amidine groups is 1. The highest BCUT2D eigenvalue weighted by molar-refractivity contribution is 5.75. The zero-order chi connectivity index (χ0) is 19.5. The summed E-state index contributed by atoms with van der Waals surface area (Å²) in [6.07, 6.45) is 1.41. The van der Waals surface area contributed by atoms with Crippen molar-refractivity contribution in [3.63, 3.8) is 0 Å². The number of hydrogen-bond donors (Lipinski definition) is 2. The summed E-state index contributed by atoms with van der Waals surface area (Å²) in [7, 11) is 0. The molecule has 4 atom stereocenters. The van der Waals surface area contributed by atoms with Gasteiger partial charge in [-0.05, 0) is 54.7 Å². The number of rotatable bonds is 1. The molecular formula is C21H20F2N2O3. The minimum atomic E-state index is -0.772. The molecule has 3 aliphatic rings. The molecule has 0 saturated heterocycles. The highest BCUT2D eigenvalue weighted by Gasteiger charge is 2.55. The molecule has 0 aromatic heterocycles. The van der Waals surface area contributed by atoms with Crippen molar-refractivity contribution in [3.8, 4) is 16.9 Å². The van der Waals surface area contributed by atoms with Gasteiger partial charge in [-0.15, -0.1) is 0 Å². The molecule has 0 amide bonds. The van der Waals surface area contributed by atoms with Crippen molar-refractivity contribution in [1.29, 1.82) is 0 Å². The van der Waals surface area contributed by atoms with E-state index in [4.69, 9.17) is 15.2 Å². The maximum Gasteiger partial charge on any atom is 0.283 e. The van der Waals surface area contributed by atoms with E-state index in [1.807, 2.05) is 6.07 Å². The van der Waals surface area contributed by atoms with Gasteiger partial charge in [0.1, 0.15) is 35.6 Å².